The number of amides is 4. The molecule has 0 aliphatic carbocycles. The first kappa shape index (κ1) is 14.2. The number of hydrogen-bond donors (Lipinski definition) is 2. The van der Waals surface area contributed by atoms with Crippen molar-refractivity contribution in [2.45, 2.75) is 32.7 Å². The first-order valence-corrected chi connectivity index (χ1v) is 5.85. The maximum atomic E-state index is 12.0. The van der Waals surface area contributed by atoms with Crippen molar-refractivity contribution in [3.63, 3.8) is 0 Å². The summed E-state index contributed by atoms with van der Waals surface area (Å²) < 4.78 is 0. The van der Waals surface area contributed by atoms with E-state index in [4.69, 9.17) is 0 Å². The number of nitrogens with zero attached hydrogens (tertiary/aromatic N) is 1. The van der Waals surface area contributed by atoms with E-state index >= 15 is 0 Å². The van der Waals surface area contributed by atoms with E-state index in [0.29, 0.717) is 13.0 Å². The molecule has 1 aliphatic heterocycles. The Morgan fingerprint density at radius 1 is 1.50 bits per heavy atom. The molecule has 0 saturated carbocycles. The van der Waals surface area contributed by atoms with Gasteiger partial charge in [-0.1, -0.05) is 19.1 Å². The van der Waals surface area contributed by atoms with Crippen LogP contribution >= 0.6 is 0 Å². The van der Waals surface area contributed by atoms with Crippen LogP contribution in [0.2, 0.25) is 0 Å². The van der Waals surface area contributed by atoms with Crippen LogP contribution in [0.5, 0.6) is 0 Å². The molecule has 0 spiro atoms. The Hall–Kier alpha value is -1.85. The number of carbonyl (C=O) groups excluding carboxylic acids is 3. The van der Waals surface area contributed by atoms with Crippen molar-refractivity contribution in [3.8, 4) is 0 Å². The van der Waals surface area contributed by atoms with Crippen molar-refractivity contribution in [3.05, 3.63) is 12.2 Å². The standard InChI is InChI=1S/C12H19N3O3/c1-5-12(4)10(17)15(11(18)14-12)7-9(16)13-6-8(2)3/h2,5-7H2,1,3-4H3,(H,13,16)(H,14,18). The molecular formula is C12H19N3O3. The molecule has 2 N–H and O–H groups in total. The fourth-order valence-corrected chi connectivity index (χ4v) is 1.58. The molecule has 4 amide bonds. The van der Waals surface area contributed by atoms with Gasteiger partial charge >= 0.3 is 6.03 Å². The Balaban J connectivity index is 2.63. The van der Waals surface area contributed by atoms with Crippen molar-refractivity contribution >= 4 is 17.8 Å². The van der Waals surface area contributed by atoms with Crippen LogP contribution in [0.25, 0.3) is 0 Å². The van der Waals surface area contributed by atoms with Gasteiger partial charge in [0, 0.05) is 6.54 Å². The second kappa shape index (κ2) is 5.20. The van der Waals surface area contributed by atoms with E-state index in [9.17, 15) is 14.4 Å². The molecule has 6 heteroatoms. The van der Waals surface area contributed by atoms with Gasteiger partial charge in [0.05, 0.1) is 0 Å². The SMILES string of the molecule is C=C(C)CNC(=O)CN1C(=O)NC(C)(CC)C1=O. The van der Waals surface area contributed by atoms with Crippen molar-refractivity contribution in [1.82, 2.24) is 15.5 Å². The van der Waals surface area contributed by atoms with Crippen molar-refractivity contribution in [2.24, 2.45) is 0 Å². The van der Waals surface area contributed by atoms with Gasteiger partial charge in [-0.3, -0.25) is 14.5 Å². The van der Waals surface area contributed by atoms with E-state index in [2.05, 4.69) is 17.2 Å². The third-order valence-corrected chi connectivity index (χ3v) is 2.94. The smallest absolute Gasteiger partial charge is 0.325 e. The summed E-state index contributed by atoms with van der Waals surface area (Å²) in [6.07, 6.45) is 0.488. The summed E-state index contributed by atoms with van der Waals surface area (Å²) in [6, 6.07) is -0.519. The molecule has 0 aromatic rings. The quantitative estimate of drug-likeness (QED) is 0.550. The lowest BCUT2D eigenvalue weighted by molar-refractivity contribution is -0.134. The fourth-order valence-electron chi connectivity index (χ4n) is 1.58. The fraction of sp³-hybridized carbons (Fsp3) is 0.583. The minimum absolute atomic E-state index is 0.256. The summed E-state index contributed by atoms with van der Waals surface area (Å²) >= 11 is 0. The van der Waals surface area contributed by atoms with Gasteiger partial charge in [-0.05, 0) is 20.3 Å². The highest BCUT2D eigenvalue weighted by atomic mass is 16.2. The minimum atomic E-state index is -0.897. The molecular weight excluding hydrogens is 234 g/mol. The average molecular weight is 253 g/mol. The summed E-state index contributed by atoms with van der Waals surface area (Å²) in [7, 11) is 0. The van der Waals surface area contributed by atoms with Crippen LogP contribution in [0.3, 0.4) is 0 Å². The average Bonchev–Trinajstić information content (AvgIpc) is 2.51. The molecule has 6 nitrogen and oxygen atoms in total. The number of imide groups is 1. The van der Waals surface area contributed by atoms with E-state index in [1.807, 2.05) is 6.92 Å². The molecule has 1 atom stereocenters. The minimum Gasteiger partial charge on any atom is -0.351 e. The second-order valence-corrected chi connectivity index (χ2v) is 4.74. The summed E-state index contributed by atoms with van der Waals surface area (Å²) in [4.78, 5) is 36.1. The molecule has 0 aromatic heterocycles. The molecule has 0 radical (unpaired) electrons. The molecule has 18 heavy (non-hydrogen) atoms. The molecule has 1 rings (SSSR count). The van der Waals surface area contributed by atoms with E-state index in [0.717, 1.165) is 10.5 Å². The molecule has 1 aliphatic rings. The Labute approximate surface area is 106 Å². The lowest BCUT2D eigenvalue weighted by Crippen LogP contribution is -2.44. The lowest BCUT2D eigenvalue weighted by atomic mass is 9.99. The van der Waals surface area contributed by atoms with Crippen LogP contribution < -0.4 is 10.6 Å². The monoisotopic (exact) mass is 253 g/mol. The Bertz CT molecular complexity index is 405. The van der Waals surface area contributed by atoms with Crippen LogP contribution in [0.15, 0.2) is 12.2 Å². The molecule has 1 heterocycles. The molecule has 0 bridgehead atoms. The first-order valence-electron chi connectivity index (χ1n) is 5.85. The summed E-state index contributed by atoms with van der Waals surface area (Å²) in [5.41, 5.74) is -0.0925. The van der Waals surface area contributed by atoms with Gasteiger partial charge in [0.2, 0.25) is 5.91 Å². The number of urea groups is 1. The van der Waals surface area contributed by atoms with E-state index in [1.165, 1.54) is 0 Å². The maximum absolute atomic E-state index is 12.0. The lowest BCUT2D eigenvalue weighted by Gasteiger charge is -2.19. The number of rotatable bonds is 5. The van der Waals surface area contributed by atoms with Crippen LogP contribution in [0.4, 0.5) is 4.79 Å². The summed E-state index contributed by atoms with van der Waals surface area (Å²) in [5, 5.41) is 5.17. The zero-order valence-electron chi connectivity index (χ0n) is 11.0. The third kappa shape index (κ3) is 2.88. The van der Waals surface area contributed by atoms with Gasteiger partial charge in [-0.2, -0.15) is 0 Å². The van der Waals surface area contributed by atoms with Gasteiger partial charge in [-0.15, -0.1) is 0 Å². The second-order valence-electron chi connectivity index (χ2n) is 4.74. The maximum Gasteiger partial charge on any atom is 0.325 e. The first-order chi connectivity index (χ1) is 8.30. The van der Waals surface area contributed by atoms with Gasteiger partial charge in [-0.25, -0.2) is 4.79 Å². The summed E-state index contributed by atoms with van der Waals surface area (Å²) in [6.45, 7) is 8.98. The van der Waals surface area contributed by atoms with Crippen LogP contribution in [0, 0.1) is 0 Å². The van der Waals surface area contributed by atoms with Crippen molar-refractivity contribution in [2.75, 3.05) is 13.1 Å². The highest BCUT2D eigenvalue weighted by Gasteiger charge is 2.46. The van der Waals surface area contributed by atoms with Crippen molar-refractivity contribution < 1.29 is 14.4 Å². The zero-order chi connectivity index (χ0) is 13.9. The highest BCUT2D eigenvalue weighted by molar-refractivity contribution is 6.08. The van der Waals surface area contributed by atoms with Gasteiger partial charge < -0.3 is 10.6 Å². The predicted octanol–water partition coefficient (Wildman–Crippen LogP) is 0.399. The predicted molar refractivity (Wildman–Crippen MR) is 66.8 cm³/mol. The molecule has 100 valence electrons. The van der Waals surface area contributed by atoms with Crippen LogP contribution in [-0.2, 0) is 9.59 Å². The van der Waals surface area contributed by atoms with Crippen LogP contribution in [0.1, 0.15) is 27.2 Å². The molecule has 1 fully saturated rings. The number of hydrogen-bond acceptors (Lipinski definition) is 3. The Kier molecular flexibility index (Phi) is 4.11. The number of carbonyl (C=O) groups is 3. The van der Waals surface area contributed by atoms with Gasteiger partial charge in [0.15, 0.2) is 0 Å². The van der Waals surface area contributed by atoms with Gasteiger partial charge in [0.1, 0.15) is 12.1 Å². The van der Waals surface area contributed by atoms with Gasteiger partial charge in [0.25, 0.3) is 5.91 Å². The van der Waals surface area contributed by atoms with Crippen molar-refractivity contribution in [1.29, 1.82) is 0 Å². The molecule has 1 saturated heterocycles. The number of nitrogens with one attached hydrogen (secondary N) is 2. The van der Waals surface area contributed by atoms with E-state index < -0.39 is 11.6 Å². The topological polar surface area (TPSA) is 78.5 Å². The van der Waals surface area contributed by atoms with Crippen LogP contribution in [-0.4, -0.2) is 41.4 Å². The zero-order valence-corrected chi connectivity index (χ0v) is 11.0. The molecule has 1 unspecified atom stereocenters. The molecule has 0 aromatic carbocycles. The highest BCUT2D eigenvalue weighted by Crippen LogP contribution is 2.20. The third-order valence-electron chi connectivity index (χ3n) is 2.94. The normalized spacial score (nSPS) is 22.9. The summed E-state index contributed by atoms with van der Waals surface area (Å²) in [5.74, 6) is -0.734. The Morgan fingerprint density at radius 2 is 2.11 bits per heavy atom. The van der Waals surface area contributed by atoms with E-state index in [-0.39, 0.29) is 18.4 Å². The largest absolute Gasteiger partial charge is 0.351 e. The van der Waals surface area contributed by atoms with E-state index in [1.54, 1.807) is 13.8 Å². The Morgan fingerprint density at radius 3 is 2.56 bits per heavy atom.